The molecule has 4 rings (SSSR count). The van der Waals surface area contributed by atoms with Crippen LogP contribution in [0.2, 0.25) is 0 Å². The summed E-state index contributed by atoms with van der Waals surface area (Å²) in [5, 5.41) is 6.31. The van der Waals surface area contributed by atoms with Crippen LogP contribution in [0.4, 0.5) is 0 Å². The zero-order valence-electron chi connectivity index (χ0n) is 15.3. The average Bonchev–Trinajstić information content (AvgIpc) is 3.14. The molecule has 0 bridgehead atoms. The summed E-state index contributed by atoms with van der Waals surface area (Å²) in [6, 6.07) is 24.1. The third-order valence-electron chi connectivity index (χ3n) is 5.05. The third kappa shape index (κ3) is 3.29. The van der Waals surface area contributed by atoms with E-state index in [9.17, 15) is 0 Å². The fourth-order valence-corrected chi connectivity index (χ4v) is 3.62. The Morgan fingerprint density at radius 1 is 0.923 bits per heavy atom. The second kappa shape index (κ2) is 7.19. The number of hydrogen-bond acceptors (Lipinski definition) is 1. The minimum Gasteiger partial charge on any atom is -0.367 e. The highest BCUT2D eigenvalue weighted by molar-refractivity contribution is 5.86. The first-order valence-electron chi connectivity index (χ1n) is 9.16. The Kier molecular flexibility index (Phi) is 4.59. The van der Waals surface area contributed by atoms with Gasteiger partial charge in [-0.2, -0.15) is 0 Å². The van der Waals surface area contributed by atoms with E-state index in [1.54, 1.807) is 0 Å². The van der Waals surface area contributed by atoms with Crippen molar-refractivity contribution in [1.29, 1.82) is 0 Å². The van der Waals surface area contributed by atoms with Gasteiger partial charge in [0.2, 0.25) is 0 Å². The third-order valence-corrected chi connectivity index (χ3v) is 5.05. The van der Waals surface area contributed by atoms with Gasteiger partial charge in [0.25, 0.3) is 0 Å². The summed E-state index contributed by atoms with van der Waals surface area (Å²) in [5.74, 6) is 0. The Balaban J connectivity index is 1.55. The van der Waals surface area contributed by atoms with Crippen molar-refractivity contribution in [3.05, 3.63) is 95.8 Å². The molecule has 2 heteroatoms. The van der Waals surface area contributed by atoms with Crippen LogP contribution in [0.15, 0.2) is 79.1 Å². The number of aromatic nitrogens is 1. The molecule has 0 aliphatic rings. The van der Waals surface area contributed by atoms with E-state index < -0.39 is 0 Å². The fraction of sp³-hybridized carbons (Fsp3) is 0.167. The number of fused-ring (bicyclic) bond motifs is 1. The molecule has 0 spiro atoms. The van der Waals surface area contributed by atoms with Gasteiger partial charge in [0.15, 0.2) is 0 Å². The molecule has 2 nitrogen and oxygen atoms in total. The summed E-state index contributed by atoms with van der Waals surface area (Å²) in [6.45, 7) is 5.20. The number of rotatable bonds is 5. The second-order valence-corrected chi connectivity index (χ2v) is 6.93. The number of H-pyrrole nitrogens is 1. The first kappa shape index (κ1) is 16.6. The van der Waals surface area contributed by atoms with Gasteiger partial charge in [0, 0.05) is 30.5 Å². The number of nitrogens with one attached hydrogen (secondary N) is 2. The summed E-state index contributed by atoms with van der Waals surface area (Å²) in [4.78, 5) is 3.27. The van der Waals surface area contributed by atoms with Crippen molar-refractivity contribution < 1.29 is 0 Å². The van der Waals surface area contributed by atoms with Crippen molar-refractivity contribution in [2.45, 2.75) is 26.4 Å². The van der Waals surface area contributed by atoms with E-state index in [0.717, 1.165) is 6.54 Å². The van der Waals surface area contributed by atoms with Crippen LogP contribution in [-0.2, 0) is 6.54 Å². The van der Waals surface area contributed by atoms with Crippen LogP contribution < -0.4 is 5.32 Å². The predicted molar refractivity (Wildman–Crippen MR) is 110 cm³/mol. The summed E-state index contributed by atoms with van der Waals surface area (Å²) in [7, 11) is 0. The number of benzene rings is 3. The molecule has 0 saturated heterocycles. The van der Waals surface area contributed by atoms with Crippen LogP contribution in [0.1, 0.15) is 29.7 Å². The van der Waals surface area contributed by atoms with E-state index in [-0.39, 0.29) is 6.04 Å². The Labute approximate surface area is 154 Å². The van der Waals surface area contributed by atoms with E-state index in [2.05, 4.69) is 103 Å². The topological polar surface area (TPSA) is 27.8 Å². The number of aryl methyl sites for hydroxylation is 1. The van der Waals surface area contributed by atoms with Gasteiger partial charge in [0.05, 0.1) is 0 Å². The van der Waals surface area contributed by atoms with Crippen molar-refractivity contribution >= 4 is 10.8 Å². The van der Waals surface area contributed by atoms with E-state index in [4.69, 9.17) is 0 Å². The molecule has 0 radical (unpaired) electrons. The maximum atomic E-state index is 3.70. The standard InChI is InChI=1S/C24H24N2/c1-17-7-5-10-20(13-17)24-16-25-14-21(24)15-26-18(2)22-12-6-9-19-8-3-4-11-23(19)22/h3-14,16,18,25-26H,15H2,1-2H3/t18-/m1/s1. The maximum Gasteiger partial charge on any atom is 0.0301 e. The molecule has 0 amide bonds. The first-order valence-corrected chi connectivity index (χ1v) is 9.16. The Hall–Kier alpha value is -2.84. The maximum absolute atomic E-state index is 3.70. The normalized spacial score (nSPS) is 12.4. The summed E-state index contributed by atoms with van der Waals surface area (Å²) in [5.41, 5.74) is 6.46. The van der Waals surface area contributed by atoms with E-state index in [0.29, 0.717) is 0 Å². The van der Waals surface area contributed by atoms with E-state index in [1.807, 2.05) is 0 Å². The highest BCUT2D eigenvalue weighted by Gasteiger charge is 2.11. The smallest absolute Gasteiger partial charge is 0.0301 e. The van der Waals surface area contributed by atoms with Gasteiger partial charge in [-0.25, -0.2) is 0 Å². The Bertz CT molecular complexity index is 1020. The van der Waals surface area contributed by atoms with Gasteiger partial charge in [0.1, 0.15) is 0 Å². The van der Waals surface area contributed by atoms with Crippen LogP contribution in [0, 0.1) is 6.92 Å². The molecular weight excluding hydrogens is 316 g/mol. The molecule has 4 aromatic rings. The molecule has 130 valence electrons. The van der Waals surface area contributed by atoms with Crippen LogP contribution in [-0.4, -0.2) is 4.98 Å². The Morgan fingerprint density at radius 2 is 1.73 bits per heavy atom. The summed E-state index contributed by atoms with van der Waals surface area (Å²) in [6.07, 6.45) is 4.19. The quantitative estimate of drug-likeness (QED) is 0.458. The molecule has 3 aromatic carbocycles. The highest BCUT2D eigenvalue weighted by atomic mass is 14.9. The molecule has 0 aliphatic heterocycles. The van der Waals surface area contributed by atoms with Crippen molar-refractivity contribution in [2.24, 2.45) is 0 Å². The van der Waals surface area contributed by atoms with Gasteiger partial charge in [-0.15, -0.1) is 0 Å². The lowest BCUT2D eigenvalue weighted by Crippen LogP contribution is -2.18. The summed E-state index contributed by atoms with van der Waals surface area (Å²) >= 11 is 0. The first-order chi connectivity index (χ1) is 12.7. The highest BCUT2D eigenvalue weighted by Crippen LogP contribution is 2.27. The minimum absolute atomic E-state index is 0.279. The largest absolute Gasteiger partial charge is 0.367 e. The summed E-state index contributed by atoms with van der Waals surface area (Å²) < 4.78 is 0. The van der Waals surface area contributed by atoms with Crippen LogP contribution in [0.5, 0.6) is 0 Å². The molecular formula is C24H24N2. The van der Waals surface area contributed by atoms with Gasteiger partial charge < -0.3 is 10.3 Å². The number of aromatic amines is 1. The lowest BCUT2D eigenvalue weighted by molar-refractivity contribution is 0.579. The fourth-order valence-electron chi connectivity index (χ4n) is 3.62. The molecule has 1 heterocycles. The monoisotopic (exact) mass is 340 g/mol. The van der Waals surface area contributed by atoms with Crippen LogP contribution in [0.25, 0.3) is 21.9 Å². The molecule has 0 aliphatic carbocycles. The van der Waals surface area contributed by atoms with Crippen molar-refractivity contribution in [2.75, 3.05) is 0 Å². The molecule has 0 fully saturated rings. The van der Waals surface area contributed by atoms with Crippen LogP contribution in [0.3, 0.4) is 0 Å². The zero-order valence-corrected chi connectivity index (χ0v) is 15.3. The number of hydrogen-bond donors (Lipinski definition) is 2. The molecule has 1 atom stereocenters. The van der Waals surface area contributed by atoms with Crippen molar-refractivity contribution in [3.8, 4) is 11.1 Å². The SMILES string of the molecule is Cc1cccc(-c2c[nH]cc2CN[C@H](C)c2cccc3ccccc23)c1. The van der Waals surface area contributed by atoms with Crippen molar-refractivity contribution in [1.82, 2.24) is 10.3 Å². The van der Waals surface area contributed by atoms with Gasteiger partial charge in [-0.05, 0) is 41.3 Å². The van der Waals surface area contributed by atoms with Gasteiger partial charge >= 0.3 is 0 Å². The van der Waals surface area contributed by atoms with Gasteiger partial charge in [-0.3, -0.25) is 0 Å². The second-order valence-electron chi connectivity index (χ2n) is 6.93. The lowest BCUT2D eigenvalue weighted by atomic mass is 9.99. The minimum atomic E-state index is 0.279. The zero-order chi connectivity index (χ0) is 17.9. The molecule has 0 unspecified atom stereocenters. The molecule has 26 heavy (non-hydrogen) atoms. The predicted octanol–water partition coefficient (Wildman–Crippen LogP) is 5.99. The van der Waals surface area contributed by atoms with Crippen molar-refractivity contribution in [3.63, 3.8) is 0 Å². The molecule has 1 aromatic heterocycles. The Morgan fingerprint density at radius 3 is 2.62 bits per heavy atom. The molecule has 2 N–H and O–H groups in total. The van der Waals surface area contributed by atoms with Gasteiger partial charge in [-0.1, -0.05) is 72.3 Å². The van der Waals surface area contributed by atoms with E-state index >= 15 is 0 Å². The van der Waals surface area contributed by atoms with Crippen LogP contribution >= 0.6 is 0 Å². The van der Waals surface area contributed by atoms with E-state index in [1.165, 1.54) is 38.6 Å². The average molecular weight is 340 g/mol. The lowest BCUT2D eigenvalue weighted by Gasteiger charge is -2.17. The molecule has 0 saturated carbocycles.